The van der Waals surface area contributed by atoms with Crippen LogP contribution in [0.15, 0.2) is 0 Å². The number of nitrogens with one attached hydrogen (secondary N) is 1. The molecule has 7 nitrogen and oxygen atoms in total. The second kappa shape index (κ2) is 7.58. The zero-order valence-electron chi connectivity index (χ0n) is 13.5. The molecular formula is C15H26N4O3. The fraction of sp³-hybridized carbons (Fsp3) is 0.800. The third kappa shape index (κ3) is 3.97. The molecule has 0 spiro atoms. The molecule has 7 heteroatoms. The van der Waals surface area contributed by atoms with E-state index in [1.165, 1.54) is 0 Å². The summed E-state index contributed by atoms with van der Waals surface area (Å²) in [6.45, 7) is 4.99. The van der Waals surface area contributed by atoms with Crippen LogP contribution in [-0.4, -0.2) is 84.8 Å². The molecule has 1 atom stereocenters. The molecule has 2 aliphatic rings. The highest BCUT2D eigenvalue weighted by molar-refractivity contribution is 5.83. The van der Waals surface area contributed by atoms with Gasteiger partial charge in [0.2, 0.25) is 17.7 Å². The number of nitrogens with zero attached hydrogens (tertiary/aromatic N) is 3. The zero-order valence-corrected chi connectivity index (χ0v) is 13.5. The number of carbonyl (C=O) groups is 3. The molecule has 2 rings (SSSR count). The summed E-state index contributed by atoms with van der Waals surface area (Å²) >= 11 is 0. The van der Waals surface area contributed by atoms with Gasteiger partial charge in [-0.2, -0.15) is 0 Å². The SMILES string of the molecule is CNC(=O)[C@@H]1CCCCN1CC(=O)N1CCN(C(C)=O)CC1. The maximum Gasteiger partial charge on any atom is 0.237 e. The number of hydrogen-bond donors (Lipinski definition) is 1. The van der Waals surface area contributed by atoms with Crippen LogP contribution in [0.25, 0.3) is 0 Å². The van der Waals surface area contributed by atoms with Crippen molar-refractivity contribution in [1.29, 1.82) is 0 Å². The molecule has 2 saturated heterocycles. The van der Waals surface area contributed by atoms with Crippen molar-refractivity contribution < 1.29 is 14.4 Å². The first-order valence-electron chi connectivity index (χ1n) is 8.02. The van der Waals surface area contributed by atoms with E-state index in [4.69, 9.17) is 0 Å². The molecule has 0 unspecified atom stereocenters. The van der Waals surface area contributed by atoms with Gasteiger partial charge in [0.05, 0.1) is 12.6 Å². The Bertz CT molecular complexity index is 433. The molecule has 3 amide bonds. The summed E-state index contributed by atoms with van der Waals surface area (Å²) in [5.74, 6) is 0.107. The van der Waals surface area contributed by atoms with E-state index in [1.54, 1.807) is 23.8 Å². The van der Waals surface area contributed by atoms with Crippen molar-refractivity contribution >= 4 is 17.7 Å². The molecule has 0 aromatic carbocycles. The number of hydrogen-bond acceptors (Lipinski definition) is 4. The van der Waals surface area contributed by atoms with E-state index in [0.29, 0.717) is 26.2 Å². The maximum atomic E-state index is 12.4. The van der Waals surface area contributed by atoms with Crippen molar-refractivity contribution in [2.24, 2.45) is 0 Å². The normalized spacial score (nSPS) is 23.3. The Balaban J connectivity index is 1.88. The number of carbonyl (C=O) groups excluding carboxylic acids is 3. The predicted molar refractivity (Wildman–Crippen MR) is 82.1 cm³/mol. The molecule has 0 aromatic heterocycles. The lowest BCUT2D eigenvalue weighted by Crippen LogP contribution is -2.55. The van der Waals surface area contributed by atoms with E-state index in [-0.39, 0.29) is 30.3 Å². The van der Waals surface area contributed by atoms with Crippen LogP contribution in [0.3, 0.4) is 0 Å². The molecule has 1 N–H and O–H groups in total. The number of likely N-dealkylation sites (N-methyl/N-ethyl adjacent to an activating group) is 1. The molecule has 2 heterocycles. The molecule has 0 aliphatic carbocycles. The van der Waals surface area contributed by atoms with Gasteiger partial charge in [-0.25, -0.2) is 0 Å². The minimum absolute atomic E-state index is 0.00565. The lowest BCUT2D eigenvalue weighted by Gasteiger charge is -2.38. The van der Waals surface area contributed by atoms with E-state index in [2.05, 4.69) is 5.32 Å². The average Bonchev–Trinajstić information content (AvgIpc) is 2.54. The highest BCUT2D eigenvalue weighted by atomic mass is 16.2. The fourth-order valence-electron chi connectivity index (χ4n) is 3.19. The fourth-order valence-corrected chi connectivity index (χ4v) is 3.19. The summed E-state index contributed by atoms with van der Waals surface area (Å²) in [7, 11) is 1.64. The predicted octanol–water partition coefficient (Wildman–Crippen LogP) is -0.722. The third-order valence-corrected chi connectivity index (χ3v) is 4.58. The standard InChI is InChI=1S/C15H26N4O3/c1-12(20)17-7-9-18(10-8-17)14(21)11-19-6-4-3-5-13(19)15(22)16-2/h13H,3-11H2,1-2H3,(H,16,22)/t13-/m0/s1. The molecule has 0 aromatic rings. The van der Waals surface area contributed by atoms with Gasteiger partial charge < -0.3 is 15.1 Å². The van der Waals surface area contributed by atoms with Crippen molar-refractivity contribution in [3.63, 3.8) is 0 Å². The van der Waals surface area contributed by atoms with Crippen molar-refractivity contribution in [3.05, 3.63) is 0 Å². The van der Waals surface area contributed by atoms with Gasteiger partial charge in [-0.15, -0.1) is 0 Å². The van der Waals surface area contributed by atoms with Gasteiger partial charge in [-0.1, -0.05) is 6.42 Å². The highest BCUT2D eigenvalue weighted by Crippen LogP contribution is 2.17. The van der Waals surface area contributed by atoms with E-state index < -0.39 is 0 Å². The Morgan fingerprint density at radius 2 is 1.64 bits per heavy atom. The van der Waals surface area contributed by atoms with Crippen molar-refractivity contribution in [2.75, 3.05) is 46.3 Å². The van der Waals surface area contributed by atoms with Gasteiger partial charge in [0, 0.05) is 40.2 Å². The van der Waals surface area contributed by atoms with Crippen molar-refractivity contribution in [1.82, 2.24) is 20.0 Å². The molecule has 0 saturated carbocycles. The Morgan fingerprint density at radius 3 is 2.23 bits per heavy atom. The smallest absolute Gasteiger partial charge is 0.237 e. The Morgan fingerprint density at radius 1 is 1.00 bits per heavy atom. The van der Waals surface area contributed by atoms with Gasteiger partial charge in [-0.05, 0) is 19.4 Å². The molecule has 0 bridgehead atoms. The quantitative estimate of drug-likeness (QED) is 0.746. The van der Waals surface area contributed by atoms with Crippen LogP contribution in [0, 0.1) is 0 Å². The van der Waals surface area contributed by atoms with Gasteiger partial charge in [0.15, 0.2) is 0 Å². The van der Waals surface area contributed by atoms with Gasteiger partial charge in [-0.3, -0.25) is 19.3 Å². The van der Waals surface area contributed by atoms with E-state index in [0.717, 1.165) is 25.8 Å². The Kier molecular flexibility index (Phi) is 5.76. The summed E-state index contributed by atoms with van der Waals surface area (Å²) in [4.78, 5) is 41.2. The summed E-state index contributed by atoms with van der Waals surface area (Å²) in [5.41, 5.74) is 0. The van der Waals surface area contributed by atoms with Crippen LogP contribution < -0.4 is 5.32 Å². The number of amides is 3. The number of likely N-dealkylation sites (tertiary alicyclic amines) is 1. The molecule has 124 valence electrons. The lowest BCUT2D eigenvalue weighted by atomic mass is 10.0. The second-order valence-corrected chi connectivity index (χ2v) is 5.98. The summed E-state index contributed by atoms with van der Waals surface area (Å²) in [5, 5.41) is 2.69. The molecule has 2 fully saturated rings. The lowest BCUT2D eigenvalue weighted by molar-refractivity contribution is -0.141. The number of piperidine rings is 1. The molecule has 2 aliphatic heterocycles. The average molecular weight is 310 g/mol. The van der Waals surface area contributed by atoms with Crippen LogP contribution in [0.1, 0.15) is 26.2 Å². The third-order valence-electron chi connectivity index (χ3n) is 4.58. The van der Waals surface area contributed by atoms with Gasteiger partial charge >= 0.3 is 0 Å². The molecule has 22 heavy (non-hydrogen) atoms. The van der Waals surface area contributed by atoms with Gasteiger partial charge in [0.25, 0.3) is 0 Å². The monoisotopic (exact) mass is 310 g/mol. The first-order chi connectivity index (χ1) is 10.5. The summed E-state index contributed by atoms with van der Waals surface area (Å²) in [6, 6.07) is -0.193. The number of piperazine rings is 1. The summed E-state index contributed by atoms with van der Waals surface area (Å²) < 4.78 is 0. The second-order valence-electron chi connectivity index (χ2n) is 5.98. The van der Waals surface area contributed by atoms with Crippen LogP contribution in [0.5, 0.6) is 0 Å². The largest absolute Gasteiger partial charge is 0.358 e. The van der Waals surface area contributed by atoms with Crippen molar-refractivity contribution in [2.45, 2.75) is 32.2 Å². The van der Waals surface area contributed by atoms with Crippen LogP contribution in [-0.2, 0) is 14.4 Å². The van der Waals surface area contributed by atoms with E-state index in [1.807, 2.05) is 4.90 Å². The van der Waals surface area contributed by atoms with Crippen LogP contribution >= 0.6 is 0 Å². The van der Waals surface area contributed by atoms with E-state index >= 15 is 0 Å². The minimum Gasteiger partial charge on any atom is -0.358 e. The first-order valence-corrected chi connectivity index (χ1v) is 8.02. The summed E-state index contributed by atoms with van der Waals surface area (Å²) in [6.07, 6.45) is 2.87. The Labute approximate surface area is 131 Å². The maximum absolute atomic E-state index is 12.4. The van der Waals surface area contributed by atoms with E-state index in [9.17, 15) is 14.4 Å². The Hall–Kier alpha value is -1.63. The number of rotatable bonds is 3. The zero-order chi connectivity index (χ0) is 16.1. The molecule has 0 radical (unpaired) electrons. The highest BCUT2D eigenvalue weighted by Gasteiger charge is 2.31. The van der Waals surface area contributed by atoms with Crippen LogP contribution in [0.4, 0.5) is 0 Å². The van der Waals surface area contributed by atoms with Crippen LogP contribution in [0.2, 0.25) is 0 Å². The van der Waals surface area contributed by atoms with Gasteiger partial charge in [0.1, 0.15) is 0 Å². The van der Waals surface area contributed by atoms with Crippen molar-refractivity contribution in [3.8, 4) is 0 Å². The first kappa shape index (κ1) is 16.7. The molecular weight excluding hydrogens is 284 g/mol. The topological polar surface area (TPSA) is 73.0 Å². The minimum atomic E-state index is -0.193.